The molecule has 0 aliphatic rings. The van der Waals surface area contributed by atoms with E-state index in [0.29, 0.717) is 18.6 Å². The lowest BCUT2D eigenvalue weighted by molar-refractivity contribution is 0.518. The van der Waals surface area contributed by atoms with Crippen molar-refractivity contribution >= 4 is 17.8 Å². The average molecular weight is 229 g/mol. The number of hydrogen-bond donors (Lipinski definition) is 1. The van der Waals surface area contributed by atoms with Gasteiger partial charge in [-0.1, -0.05) is 6.92 Å². The van der Waals surface area contributed by atoms with Crippen LogP contribution in [0.25, 0.3) is 0 Å². The molecule has 0 radical (unpaired) electrons. The van der Waals surface area contributed by atoms with Crippen LogP contribution in [0, 0.1) is 0 Å². The SMILES string of the molecule is CCC(CSC)N(C)c1nc(CN)co1. The van der Waals surface area contributed by atoms with Crippen molar-refractivity contribution in [2.75, 3.05) is 24.0 Å². The smallest absolute Gasteiger partial charge is 0.297 e. The molecule has 1 aromatic rings. The summed E-state index contributed by atoms with van der Waals surface area (Å²) in [6, 6.07) is 1.13. The molecular formula is C10H19N3OS. The molecule has 0 aliphatic carbocycles. The molecule has 0 saturated carbocycles. The predicted octanol–water partition coefficient (Wildman–Crippen LogP) is 1.71. The van der Waals surface area contributed by atoms with Crippen molar-refractivity contribution in [3.8, 4) is 0 Å². The normalized spacial score (nSPS) is 12.8. The quantitative estimate of drug-likeness (QED) is 0.805. The third-order valence-corrected chi connectivity index (χ3v) is 3.15. The van der Waals surface area contributed by atoms with Crippen molar-refractivity contribution in [2.24, 2.45) is 5.73 Å². The van der Waals surface area contributed by atoms with Gasteiger partial charge in [0.05, 0.1) is 5.69 Å². The zero-order valence-electron chi connectivity index (χ0n) is 9.56. The second kappa shape index (κ2) is 6.02. The maximum Gasteiger partial charge on any atom is 0.297 e. The minimum Gasteiger partial charge on any atom is -0.432 e. The maximum absolute atomic E-state index is 5.49. The molecular weight excluding hydrogens is 210 g/mol. The molecule has 5 heteroatoms. The van der Waals surface area contributed by atoms with Crippen LogP contribution >= 0.6 is 11.8 Å². The average Bonchev–Trinajstić information content (AvgIpc) is 2.73. The van der Waals surface area contributed by atoms with Crippen molar-refractivity contribution in [1.82, 2.24) is 4.98 Å². The van der Waals surface area contributed by atoms with Crippen LogP contribution in [0.5, 0.6) is 0 Å². The summed E-state index contributed by atoms with van der Waals surface area (Å²) in [5.41, 5.74) is 6.29. The van der Waals surface area contributed by atoms with Gasteiger partial charge in [0.2, 0.25) is 0 Å². The molecule has 15 heavy (non-hydrogen) atoms. The third kappa shape index (κ3) is 3.14. The van der Waals surface area contributed by atoms with Gasteiger partial charge in [-0.15, -0.1) is 0 Å². The molecule has 1 atom stereocenters. The Labute approximate surface area is 95.2 Å². The predicted molar refractivity (Wildman–Crippen MR) is 65.3 cm³/mol. The van der Waals surface area contributed by atoms with E-state index in [1.807, 2.05) is 18.8 Å². The van der Waals surface area contributed by atoms with Crippen LogP contribution in [0.15, 0.2) is 10.7 Å². The molecule has 4 nitrogen and oxygen atoms in total. The molecule has 0 aliphatic heterocycles. The Kier molecular flexibility index (Phi) is 4.98. The van der Waals surface area contributed by atoms with Crippen molar-refractivity contribution in [3.63, 3.8) is 0 Å². The first-order valence-electron chi connectivity index (χ1n) is 5.09. The van der Waals surface area contributed by atoms with Gasteiger partial charge >= 0.3 is 0 Å². The summed E-state index contributed by atoms with van der Waals surface area (Å²) in [6.07, 6.45) is 4.81. The Morgan fingerprint density at radius 1 is 1.67 bits per heavy atom. The Bertz CT molecular complexity index is 290. The number of anilines is 1. The van der Waals surface area contributed by atoms with E-state index in [0.717, 1.165) is 17.9 Å². The highest BCUT2D eigenvalue weighted by molar-refractivity contribution is 7.98. The minimum atomic E-state index is 0.427. The van der Waals surface area contributed by atoms with E-state index >= 15 is 0 Å². The minimum absolute atomic E-state index is 0.427. The number of rotatable bonds is 6. The summed E-state index contributed by atoms with van der Waals surface area (Å²) < 4.78 is 5.37. The Morgan fingerprint density at radius 2 is 2.40 bits per heavy atom. The highest BCUT2D eigenvalue weighted by Gasteiger charge is 2.16. The fourth-order valence-electron chi connectivity index (χ4n) is 1.40. The molecule has 1 heterocycles. The summed E-state index contributed by atoms with van der Waals surface area (Å²) in [5, 5.41) is 0. The lowest BCUT2D eigenvalue weighted by Gasteiger charge is -2.24. The topological polar surface area (TPSA) is 55.3 Å². The molecule has 2 N–H and O–H groups in total. The van der Waals surface area contributed by atoms with Crippen molar-refractivity contribution in [1.29, 1.82) is 0 Å². The Hall–Kier alpha value is -0.680. The summed E-state index contributed by atoms with van der Waals surface area (Å²) in [4.78, 5) is 6.38. The molecule has 0 saturated heterocycles. The van der Waals surface area contributed by atoms with Crippen LogP contribution < -0.4 is 10.6 Å². The van der Waals surface area contributed by atoms with Crippen LogP contribution in [0.1, 0.15) is 19.0 Å². The summed E-state index contributed by atoms with van der Waals surface area (Å²) in [6.45, 7) is 2.60. The van der Waals surface area contributed by atoms with E-state index in [9.17, 15) is 0 Å². The molecule has 1 aromatic heterocycles. The molecule has 1 unspecified atom stereocenters. The summed E-state index contributed by atoms with van der Waals surface area (Å²) in [5.74, 6) is 1.08. The molecule has 0 bridgehead atoms. The van der Waals surface area contributed by atoms with E-state index < -0.39 is 0 Å². The van der Waals surface area contributed by atoms with E-state index in [4.69, 9.17) is 10.2 Å². The number of hydrogen-bond acceptors (Lipinski definition) is 5. The zero-order chi connectivity index (χ0) is 11.3. The van der Waals surface area contributed by atoms with Gasteiger partial charge in [0, 0.05) is 25.4 Å². The maximum atomic E-state index is 5.49. The van der Waals surface area contributed by atoms with Crippen LogP contribution in [0.2, 0.25) is 0 Å². The molecule has 0 spiro atoms. The second-order valence-electron chi connectivity index (χ2n) is 3.45. The second-order valence-corrected chi connectivity index (χ2v) is 4.36. The van der Waals surface area contributed by atoms with Gasteiger partial charge in [-0.2, -0.15) is 16.7 Å². The number of oxazole rings is 1. The summed E-state index contributed by atoms with van der Waals surface area (Å²) >= 11 is 1.83. The fraction of sp³-hybridized carbons (Fsp3) is 0.700. The summed E-state index contributed by atoms with van der Waals surface area (Å²) in [7, 11) is 2.01. The van der Waals surface area contributed by atoms with Gasteiger partial charge < -0.3 is 15.1 Å². The lowest BCUT2D eigenvalue weighted by Crippen LogP contribution is -2.33. The van der Waals surface area contributed by atoms with Gasteiger partial charge in [-0.3, -0.25) is 0 Å². The van der Waals surface area contributed by atoms with Crippen LogP contribution in [0.4, 0.5) is 6.01 Å². The monoisotopic (exact) mass is 229 g/mol. The van der Waals surface area contributed by atoms with E-state index in [1.54, 1.807) is 6.26 Å². The largest absolute Gasteiger partial charge is 0.432 e. The van der Waals surface area contributed by atoms with E-state index in [-0.39, 0.29) is 0 Å². The van der Waals surface area contributed by atoms with Crippen molar-refractivity contribution in [2.45, 2.75) is 25.9 Å². The van der Waals surface area contributed by atoms with Gasteiger partial charge in [-0.05, 0) is 12.7 Å². The number of nitrogens with zero attached hydrogens (tertiary/aromatic N) is 2. The first kappa shape index (κ1) is 12.4. The van der Waals surface area contributed by atoms with Gasteiger partial charge in [0.25, 0.3) is 6.01 Å². The first-order valence-corrected chi connectivity index (χ1v) is 6.48. The van der Waals surface area contributed by atoms with E-state index in [1.165, 1.54) is 0 Å². The van der Waals surface area contributed by atoms with Gasteiger partial charge in [-0.25, -0.2) is 0 Å². The molecule has 0 amide bonds. The van der Waals surface area contributed by atoms with Crippen LogP contribution in [0.3, 0.4) is 0 Å². The van der Waals surface area contributed by atoms with Crippen molar-refractivity contribution < 1.29 is 4.42 Å². The molecule has 86 valence electrons. The Morgan fingerprint density at radius 3 is 2.87 bits per heavy atom. The molecule has 1 rings (SSSR count). The Balaban J connectivity index is 2.68. The fourth-order valence-corrected chi connectivity index (χ4v) is 2.25. The van der Waals surface area contributed by atoms with Gasteiger partial charge in [0.1, 0.15) is 6.26 Å². The molecule has 0 aromatic carbocycles. The first-order chi connectivity index (χ1) is 7.22. The lowest BCUT2D eigenvalue weighted by atomic mass is 10.2. The number of thioether (sulfide) groups is 1. The number of nitrogens with two attached hydrogens (primary N) is 1. The van der Waals surface area contributed by atoms with Crippen LogP contribution in [-0.4, -0.2) is 30.1 Å². The molecule has 0 fully saturated rings. The highest BCUT2D eigenvalue weighted by atomic mass is 32.2. The third-order valence-electron chi connectivity index (χ3n) is 2.43. The van der Waals surface area contributed by atoms with Crippen LogP contribution in [-0.2, 0) is 6.54 Å². The highest BCUT2D eigenvalue weighted by Crippen LogP contribution is 2.18. The standard InChI is InChI=1S/C10H19N3OS/c1-4-9(7-15-3)13(2)10-12-8(5-11)6-14-10/h6,9H,4-5,7,11H2,1-3H3. The number of aromatic nitrogens is 1. The van der Waals surface area contributed by atoms with Crippen molar-refractivity contribution in [3.05, 3.63) is 12.0 Å². The van der Waals surface area contributed by atoms with E-state index in [2.05, 4.69) is 23.1 Å². The van der Waals surface area contributed by atoms with Gasteiger partial charge in [0.15, 0.2) is 0 Å². The zero-order valence-corrected chi connectivity index (χ0v) is 10.4.